The van der Waals surface area contributed by atoms with Gasteiger partial charge in [0.15, 0.2) is 17.3 Å². The van der Waals surface area contributed by atoms with Gasteiger partial charge in [0, 0.05) is 24.4 Å². The Kier molecular flexibility index (Phi) is 4.45. The molecule has 138 valence electrons. The second kappa shape index (κ2) is 7.06. The van der Waals surface area contributed by atoms with Gasteiger partial charge in [-0.2, -0.15) is 5.10 Å². The first kappa shape index (κ1) is 17.0. The average molecular weight is 371 g/mol. The van der Waals surface area contributed by atoms with E-state index in [9.17, 15) is 13.6 Å². The predicted molar refractivity (Wildman–Crippen MR) is 92.1 cm³/mol. The van der Waals surface area contributed by atoms with Crippen molar-refractivity contribution in [1.29, 1.82) is 0 Å². The van der Waals surface area contributed by atoms with Crippen molar-refractivity contribution in [2.45, 2.75) is 6.54 Å². The molecular weight excluding hydrogens is 356 g/mol. The zero-order valence-corrected chi connectivity index (χ0v) is 14.1. The minimum absolute atomic E-state index is 0.122. The van der Waals surface area contributed by atoms with Crippen molar-refractivity contribution in [3.63, 3.8) is 0 Å². The van der Waals surface area contributed by atoms with Crippen LogP contribution in [0.1, 0.15) is 15.9 Å². The Morgan fingerprint density at radius 1 is 1.19 bits per heavy atom. The molecule has 0 spiro atoms. The highest BCUT2D eigenvalue weighted by molar-refractivity contribution is 5.97. The SMILES string of the molecule is O=C(NCc1cnn(-c2ccc(F)cc2F)c1)c1cccc2c1OCCO2. The topological polar surface area (TPSA) is 65.4 Å². The Bertz CT molecular complexity index is 1000. The Hall–Kier alpha value is -3.42. The number of carbonyl (C=O) groups is 1. The largest absolute Gasteiger partial charge is 0.486 e. The quantitative estimate of drug-likeness (QED) is 0.766. The smallest absolute Gasteiger partial charge is 0.255 e. The molecule has 3 aromatic rings. The molecule has 8 heteroatoms. The van der Waals surface area contributed by atoms with Crippen LogP contribution in [-0.2, 0) is 6.54 Å². The van der Waals surface area contributed by atoms with Gasteiger partial charge in [-0.15, -0.1) is 0 Å². The molecule has 0 saturated heterocycles. The van der Waals surface area contributed by atoms with E-state index >= 15 is 0 Å². The highest BCUT2D eigenvalue weighted by Crippen LogP contribution is 2.33. The lowest BCUT2D eigenvalue weighted by atomic mass is 10.1. The Morgan fingerprint density at radius 3 is 2.89 bits per heavy atom. The third kappa shape index (κ3) is 3.46. The molecule has 0 atom stereocenters. The van der Waals surface area contributed by atoms with Crippen LogP contribution < -0.4 is 14.8 Å². The average Bonchev–Trinajstić information content (AvgIpc) is 3.14. The Balaban J connectivity index is 1.47. The van der Waals surface area contributed by atoms with E-state index in [1.54, 1.807) is 24.4 Å². The fraction of sp³-hybridized carbons (Fsp3) is 0.158. The summed E-state index contributed by atoms with van der Waals surface area (Å²) in [5.41, 5.74) is 1.16. The van der Waals surface area contributed by atoms with Gasteiger partial charge in [0.05, 0.1) is 11.8 Å². The molecule has 27 heavy (non-hydrogen) atoms. The van der Waals surface area contributed by atoms with Crippen LogP contribution in [0.4, 0.5) is 8.78 Å². The molecular formula is C19H15F2N3O3. The Labute approximate surface area is 153 Å². The highest BCUT2D eigenvalue weighted by atomic mass is 19.1. The van der Waals surface area contributed by atoms with E-state index in [2.05, 4.69) is 10.4 Å². The molecule has 0 bridgehead atoms. The fourth-order valence-electron chi connectivity index (χ4n) is 2.78. The molecule has 1 aliphatic rings. The lowest BCUT2D eigenvalue weighted by Gasteiger charge is -2.20. The summed E-state index contributed by atoms with van der Waals surface area (Å²) in [4.78, 5) is 12.5. The van der Waals surface area contributed by atoms with E-state index in [1.807, 2.05) is 0 Å². The molecule has 4 rings (SSSR count). The normalized spacial score (nSPS) is 12.7. The van der Waals surface area contributed by atoms with E-state index in [-0.39, 0.29) is 18.1 Å². The molecule has 6 nitrogen and oxygen atoms in total. The first-order valence-corrected chi connectivity index (χ1v) is 8.27. The summed E-state index contributed by atoms with van der Waals surface area (Å²) in [6.07, 6.45) is 3.07. The van der Waals surface area contributed by atoms with Crippen molar-refractivity contribution in [3.8, 4) is 17.2 Å². The van der Waals surface area contributed by atoms with Crippen LogP contribution >= 0.6 is 0 Å². The van der Waals surface area contributed by atoms with Crippen LogP contribution in [0.5, 0.6) is 11.5 Å². The van der Waals surface area contributed by atoms with E-state index in [0.717, 1.165) is 12.1 Å². The lowest BCUT2D eigenvalue weighted by Crippen LogP contribution is -2.25. The van der Waals surface area contributed by atoms with Crippen molar-refractivity contribution in [2.75, 3.05) is 13.2 Å². The van der Waals surface area contributed by atoms with Crippen molar-refractivity contribution in [2.24, 2.45) is 0 Å². The Morgan fingerprint density at radius 2 is 2.04 bits per heavy atom. The van der Waals surface area contributed by atoms with Gasteiger partial charge in [0.2, 0.25) is 0 Å². The van der Waals surface area contributed by atoms with Gasteiger partial charge < -0.3 is 14.8 Å². The minimum atomic E-state index is -0.721. The standard InChI is InChI=1S/C19H15F2N3O3/c20-13-4-5-16(15(21)8-13)24-11-12(10-23-24)9-22-19(25)14-2-1-3-17-18(14)27-7-6-26-17/h1-5,8,10-11H,6-7,9H2,(H,22,25). The predicted octanol–water partition coefficient (Wildman–Crippen LogP) is 2.85. The van der Waals surface area contributed by atoms with Crippen LogP contribution in [-0.4, -0.2) is 28.9 Å². The van der Waals surface area contributed by atoms with Crippen LogP contribution in [0.3, 0.4) is 0 Å². The van der Waals surface area contributed by atoms with Crippen LogP contribution in [0.15, 0.2) is 48.8 Å². The van der Waals surface area contributed by atoms with Gasteiger partial charge in [0.1, 0.15) is 24.7 Å². The molecule has 0 aliphatic carbocycles. The first-order valence-electron chi connectivity index (χ1n) is 8.27. The molecule has 1 N–H and O–H groups in total. The van der Waals surface area contributed by atoms with Crippen molar-refractivity contribution >= 4 is 5.91 Å². The number of fused-ring (bicyclic) bond motifs is 1. The maximum Gasteiger partial charge on any atom is 0.255 e. The maximum atomic E-state index is 13.8. The molecule has 0 fully saturated rings. The number of nitrogens with zero attached hydrogens (tertiary/aromatic N) is 2. The number of ether oxygens (including phenoxy) is 2. The van der Waals surface area contributed by atoms with E-state index in [4.69, 9.17) is 9.47 Å². The van der Waals surface area contributed by atoms with E-state index in [0.29, 0.717) is 35.8 Å². The van der Waals surface area contributed by atoms with Crippen LogP contribution in [0.25, 0.3) is 5.69 Å². The van der Waals surface area contributed by atoms with E-state index < -0.39 is 11.6 Å². The number of aromatic nitrogens is 2. The van der Waals surface area contributed by atoms with Gasteiger partial charge in [-0.3, -0.25) is 4.79 Å². The number of amides is 1. The number of hydrogen-bond acceptors (Lipinski definition) is 4. The van der Waals surface area contributed by atoms with E-state index in [1.165, 1.54) is 16.9 Å². The van der Waals surface area contributed by atoms with Gasteiger partial charge in [-0.25, -0.2) is 13.5 Å². The zero-order chi connectivity index (χ0) is 18.8. The molecule has 0 unspecified atom stereocenters. The van der Waals surface area contributed by atoms with Crippen molar-refractivity contribution in [1.82, 2.24) is 15.1 Å². The number of nitrogens with one attached hydrogen (secondary N) is 1. The van der Waals surface area contributed by atoms with Crippen molar-refractivity contribution in [3.05, 3.63) is 71.6 Å². The number of carbonyl (C=O) groups excluding carboxylic acids is 1. The number of para-hydroxylation sites is 1. The summed E-state index contributed by atoms with van der Waals surface area (Å²) in [5, 5.41) is 6.83. The minimum Gasteiger partial charge on any atom is -0.486 e. The molecule has 1 aliphatic heterocycles. The second-order valence-electron chi connectivity index (χ2n) is 5.90. The third-order valence-electron chi connectivity index (χ3n) is 4.06. The van der Waals surface area contributed by atoms with Gasteiger partial charge >= 0.3 is 0 Å². The summed E-state index contributed by atoms with van der Waals surface area (Å²) < 4.78 is 39.2. The zero-order valence-electron chi connectivity index (χ0n) is 14.1. The van der Waals surface area contributed by atoms with Gasteiger partial charge in [0.25, 0.3) is 5.91 Å². The fourth-order valence-corrected chi connectivity index (χ4v) is 2.78. The summed E-state index contributed by atoms with van der Waals surface area (Å²) in [7, 11) is 0. The van der Waals surface area contributed by atoms with Crippen molar-refractivity contribution < 1.29 is 23.0 Å². The second-order valence-corrected chi connectivity index (χ2v) is 5.90. The summed E-state index contributed by atoms with van der Waals surface area (Å²) >= 11 is 0. The van der Waals surface area contributed by atoms with Crippen LogP contribution in [0.2, 0.25) is 0 Å². The molecule has 0 radical (unpaired) electrons. The molecule has 2 aromatic carbocycles. The molecule has 1 aromatic heterocycles. The monoisotopic (exact) mass is 371 g/mol. The number of benzene rings is 2. The van der Waals surface area contributed by atoms with Crippen LogP contribution in [0, 0.1) is 11.6 Å². The number of hydrogen-bond donors (Lipinski definition) is 1. The first-order chi connectivity index (χ1) is 13.1. The molecule has 2 heterocycles. The van der Waals surface area contributed by atoms with Gasteiger partial charge in [-0.05, 0) is 24.3 Å². The molecule has 1 amide bonds. The third-order valence-corrected chi connectivity index (χ3v) is 4.06. The maximum absolute atomic E-state index is 13.8. The molecule has 0 saturated carbocycles. The number of halogens is 2. The summed E-state index contributed by atoms with van der Waals surface area (Å²) in [6.45, 7) is 1.01. The number of rotatable bonds is 4. The lowest BCUT2D eigenvalue weighted by molar-refractivity contribution is 0.0939. The highest BCUT2D eigenvalue weighted by Gasteiger charge is 2.20. The summed E-state index contributed by atoms with van der Waals surface area (Å²) in [5.74, 6) is -0.744. The summed E-state index contributed by atoms with van der Waals surface area (Å²) in [6, 6.07) is 8.36. The van der Waals surface area contributed by atoms with Gasteiger partial charge in [-0.1, -0.05) is 6.07 Å².